The Morgan fingerprint density at radius 1 is 1.07 bits per heavy atom. The Kier molecular flexibility index (Phi) is 7.50. The van der Waals surface area contributed by atoms with Crippen molar-refractivity contribution < 1.29 is 9.53 Å². The minimum absolute atomic E-state index is 0.348. The molecule has 0 radical (unpaired) electrons. The standard InChI is InChI=1S/C22H18N4O2.C2H6/c1-14-20(18-6-4-16(11-23)5-7-18)21(22(27)28-3)15(2)26(14)13-17-8-9-25-19(10-17)12-24;1-2/h4-10H,13H2,1-3H3;1-2H3. The van der Waals surface area contributed by atoms with Crippen molar-refractivity contribution in [1.29, 1.82) is 10.5 Å². The molecule has 152 valence electrons. The van der Waals surface area contributed by atoms with E-state index in [2.05, 4.69) is 11.1 Å². The molecular weight excluding hydrogens is 376 g/mol. The summed E-state index contributed by atoms with van der Waals surface area (Å²) in [6.45, 7) is 8.31. The highest BCUT2D eigenvalue weighted by atomic mass is 16.5. The van der Waals surface area contributed by atoms with Gasteiger partial charge in [-0.05, 0) is 49.2 Å². The lowest BCUT2D eigenvalue weighted by atomic mass is 9.99. The number of nitriles is 2. The number of esters is 1. The van der Waals surface area contributed by atoms with Crippen LogP contribution in [0.3, 0.4) is 0 Å². The molecule has 6 nitrogen and oxygen atoms in total. The minimum atomic E-state index is -0.411. The maximum Gasteiger partial charge on any atom is 0.340 e. The van der Waals surface area contributed by atoms with Crippen LogP contribution in [0.5, 0.6) is 0 Å². The Morgan fingerprint density at radius 3 is 2.30 bits per heavy atom. The zero-order chi connectivity index (χ0) is 22.3. The summed E-state index contributed by atoms with van der Waals surface area (Å²) in [5, 5.41) is 18.1. The number of carbonyl (C=O) groups is 1. The molecule has 30 heavy (non-hydrogen) atoms. The summed E-state index contributed by atoms with van der Waals surface area (Å²) in [6, 6.07) is 14.8. The first-order valence-corrected chi connectivity index (χ1v) is 9.63. The highest BCUT2D eigenvalue weighted by Crippen LogP contribution is 2.33. The molecule has 0 saturated carbocycles. The number of ether oxygens (including phenoxy) is 1. The third-order valence-electron chi connectivity index (χ3n) is 4.76. The van der Waals surface area contributed by atoms with Gasteiger partial charge in [0.05, 0.1) is 24.3 Å². The molecule has 0 aliphatic carbocycles. The Morgan fingerprint density at radius 2 is 1.73 bits per heavy atom. The lowest BCUT2D eigenvalue weighted by Gasteiger charge is -2.10. The number of methoxy groups -OCH3 is 1. The zero-order valence-corrected chi connectivity index (χ0v) is 17.9. The minimum Gasteiger partial charge on any atom is -0.465 e. The van der Waals surface area contributed by atoms with E-state index in [0.29, 0.717) is 23.4 Å². The molecule has 6 heteroatoms. The molecule has 3 rings (SSSR count). The van der Waals surface area contributed by atoms with Gasteiger partial charge in [0.2, 0.25) is 0 Å². The van der Waals surface area contributed by atoms with Crippen molar-refractivity contribution in [3.8, 4) is 23.3 Å². The normalized spacial score (nSPS) is 9.70. The molecule has 2 heterocycles. The molecule has 0 atom stereocenters. The molecule has 0 spiro atoms. The van der Waals surface area contributed by atoms with Gasteiger partial charge in [0.1, 0.15) is 11.8 Å². The summed E-state index contributed by atoms with van der Waals surface area (Å²) < 4.78 is 7.05. The number of hydrogen-bond acceptors (Lipinski definition) is 5. The fourth-order valence-electron chi connectivity index (χ4n) is 3.35. The molecule has 0 fully saturated rings. The maximum absolute atomic E-state index is 12.5. The molecule has 1 aromatic carbocycles. The predicted molar refractivity (Wildman–Crippen MR) is 115 cm³/mol. The predicted octanol–water partition coefficient (Wildman–Crippen LogP) is 4.77. The van der Waals surface area contributed by atoms with E-state index in [1.165, 1.54) is 7.11 Å². The maximum atomic E-state index is 12.5. The highest BCUT2D eigenvalue weighted by molar-refractivity contribution is 5.99. The zero-order valence-electron chi connectivity index (χ0n) is 17.9. The van der Waals surface area contributed by atoms with E-state index in [0.717, 1.165) is 28.1 Å². The van der Waals surface area contributed by atoms with Gasteiger partial charge in [-0.3, -0.25) is 0 Å². The second-order valence-corrected chi connectivity index (χ2v) is 6.35. The molecule has 0 aliphatic rings. The number of pyridine rings is 1. The van der Waals surface area contributed by atoms with Crippen LogP contribution < -0.4 is 0 Å². The summed E-state index contributed by atoms with van der Waals surface area (Å²) in [7, 11) is 1.36. The Labute approximate surface area is 177 Å². The first-order valence-electron chi connectivity index (χ1n) is 9.63. The van der Waals surface area contributed by atoms with Crippen LogP contribution in [0, 0.1) is 36.5 Å². The quantitative estimate of drug-likeness (QED) is 0.588. The van der Waals surface area contributed by atoms with Crippen molar-refractivity contribution in [1.82, 2.24) is 9.55 Å². The van der Waals surface area contributed by atoms with E-state index in [9.17, 15) is 4.79 Å². The van der Waals surface area contributed by atoms with Crippen LogP contribution in [-0.2, 0) is 11.3 Å². The third kappa shape index (κ3) is 4.39. The number of hydrogen-bond donors (Lipinski definition) is 0. The van der Waals surface area contributed by atoms with Crippen molar-refractivity contribution in [2.75, 3.05) is 7.11 Å². The molecule has 0 unspecified atom stereocenters. The molecular formula is C24H24N4O2. The lowest BCUT2D eigenvalue weighted by Crippen LogP contribution is -2.07. The lowest BCUT2D eigenvalue weighted by molar-refractivity contribution is 0.0600. The average Bonchev–Trinajstić information content (AvgIpc) is 3.04. The largest absolute Gasteiger partial charge is 0.465 e. The van der Waals surface area contributed by atoms with Crippen molar-refractivity contribution >= 4 is 5.97 Å². The van der Waals surface area contributed by atoms with E-state index in [1.54, 1.807) is 24.4 Å². The Balaban J connectivity index is 0.00000155. The number of aromatic nitrogens is 2. The van der Waals surface area contributed by atoms with E-state index >= 15 is 0 Å². The van der Waals surface area contributed by atoms with Gasteiger partial charge in [-0.25, -0.2) is 9.78 Å². The molecule has 0 amide bonds. The van der Waals surface area contributed by atoms with Gasteiger partial charge in [0.15, 0.2) is 0 Å². The summed E-state index contributed by atoms with van der Waals surface area (Å²) in [4.78, 5) is 16.5. The topological polar surface area (TPSA) is 91.7 Å². The van der Waals surface area contributed by atoms with Crippen LogP contribution >= 0.6 is 0 Å². The first kappa shape index (κ1) is 22.4. The van der Waals surface area contributed by atoms with E-state index in [-0.39, 0.29) is 0 Å². The summed E-state index contributed by atoms with van der Waals surface area (Å²) in [5.41, 5.74) is 5.61. The van der Waals surface area contributed by atoms with Gasteiger partial charge < -0.3 is 9.30 Å². The van der Waals surface area contributed by atoms with Gasteiger partial charge >= 0.3 is 5.97 Å². The van der Waals surface area contributed by atoms with Crippen molar-refractivity contribution in [3.05, 3.63) is 76.4 Å². The highest BCUT2D eigenvalue weighted by Gasteiger charge is 2.24. The van der Waals surface area contributed by atoms with Gasteiger partial charge in [-0.1, -0.05) is 26.0 Å². The summed E-state index contributed by atoms with van der Waals surface area (Å²) >= 11 is 0. The van der Waals surface area contributed by atoms with Crippen molar-refractivity contribution in [3.63, 3.8) is 0 Å². The second-order valence-electron chi connectivity index (χ2n) is 6.35. The summed E-state index contributed by atoms with van der Waals surface area (Å²) in [6.07, 6.45) is 1.60. The van der Waals surface area contributed by atoms with Gasteiger partial charge in [0, 0.05) is 29.7 Å². The molecule has 0 saturated heterocycles. The molecule has 0 aliphatic heterocycles. The number of rotatable bonds is 4. The van der Waals surface area contributed by atoms with Crippen LogP contribution in [0.4, 0.5) is 0 Å². The fourth-order valence-corrected chi connectivity index (χ4v) is 3.35. The summed E-state index contributed by atoms with van der Waals surface area (Å²) in [5.74, 6) is -0.411. The number of carbonyl (C=O) groups excluding carboxylic acids is 1. The van der Waals surface area contributed by atoms with E-state index in [1.807, 2.05) is 56.5 Å². The Bertz CT molecular complexity index is 1130. The second kappa shape index (κ2) is 10.0. The van der Waals surface area contributed by atoms with Crippen LogP contribution in [0.15, 0.2) is 42.6 Å². The van der Waals surface area contributed by atoms with Crippen molar-refractivity contribution in [2.24, 2.45) is 0 Å². The molecule has 2 aromatic heterocycles. The van der Waals surface area contributed by atoms with E-state index < -0.39 is 5.97 Å². The number of benzene rings is 1. The average molecular weight is 400 g/mol. The third-order valence-corrected chi connectivity index (χ3v) is 4.76. The van der Waals surface area contributed by atoms with Crippen LogP contribution in [0.2, 0.25) is 0 Å². The van der Waals surface area contributed by atoms with Crippen LogP contribution in [-0.4, -0.2) is 22.6 Å². The Hall–Kier alpha value is -3.90. The number of nitrogens with zero attached hydrogens (tertiary/aromatic N) is 4. The van der Waals surface area contributed by atoms with Gasteiger partial charge in [-0.15, -0.1) is 0 Å². The molecule has 3 aromatic rings. The first-order chi connectivity index (χ1) is 14.5. The SMILES string of the molecule is CC.COC(=O)c1c(-c2ccc(C#N)cc2)c(C)n(Cc2ccnc(C#N)c2)c1C. The van der Waals surface area contributed by atoms with Crippen molar-refractivity contribution in [2.45, 2.75) is 34.2 Å². The fraction of sp³-hybridized carbons (Fsp3) is 0.250. The monoisotopic (exact) mass is 400 g/mol. The molecule has 0 N–H and O–H groups in total. The van der Waals surface area contributed by atoms with Gasteiger partial charge in [0.25, 0.3) is 0 Å². The van der Waals surface area contributed by atoms with Gasteiger partial charge in [-0.2, -0.15) is 10.5 Å². The van der Waals surface area contributed by atoms with Crippen LogP contribution in [0.25, 0.3) is 11.1 Å². The smallest absolute Gasteiger partial charge is 0.340 e. The molecule has 0 bridgehead atoms. The van der Waals surface area contributed by atoms with E-state index in [4.69, 9.17) is 15.3 Å². The van der Waals surface area contributed by atoms with Crippen LogP contribution in [0.1, 0.15) is 52.4 Å².